The van der Waals surface area contributed by atoms with Gasteiger partial charge < -0.3 is 14.6 Å². The maximum Gasteiger partial charge on any atom is 0.123 e. The Morgan fingerprint density at radius 2 is 2.24 bits per heavy atom. The Morgan fingerprint density at radius 3 is 2.76 bits per heavy atom. The van der Waals surface area contributed by atoms with E-state index in [0.717, 1.165) is 12.0 Å². The van der Waals surface area contributed by atoms with Crippen molar-refractivity contribution in [1.29, 1.82) is 0 Å². The predicted molar refractivity (Wildman–Crippen MR) is 61.8 cm³/mol. The first kappa shape index (κ1) is 12.3. The van der Waals surface area contributed by atoms with Gasteiger partial charge in [-0.2, -0.15) is 0 Å². The van der Waals surface area contributed by atoms with E-state index in [2.05, 4.69) is 0 Å². The fourth-order valence-electron chi connectivity index (χ4n) is 2.30. The van der Waals surface area contributed by atoms with Crippen LogP contribution in [0.5, 0.6) is 5.75 Å². The zero-order valence-corrected chi connectivity index (χ0v) is 9.91. The number of hydrogen-bond donors (Lipinski definition) is 1. The number of halogens is 1. The Balaban J connectivity index is 2.32. The van der Waals surface area contributed by atoms with Crippen LogP contribution in [0, 0.1) is 5.82 Å². The van der Waals surface area contributed by atoms with Crippen molar-refractivity contribution in [2.24, 2.45) is 0 Å². The lowest BCUT2D eigenvalue weighted by molar-refractivity contribution is -0.0675. The van der Waals surface area contributed by atoms with Crippen LogP contribution in [0.1, 0.15) is 18.4 Å². The highest BCUT2D eigenvalue weighted by Gasteiger charge is 2.41. The smallest absolute Gasteiger partial charge is 0.123 e. The summed E-state index contributed by atoms with van der Waals surface area (Å²) in [7, 11) is 1.58. The zero-order valence-electron chi connectivity index (χ0n) is 9.91. The highest BCUT2D eigenvalue weighted by molar-refractivity contribution is 5.41. The molecule has 0 aromatic heterocycles. The average Bonchev–Trinajstić information content (AvgIpc) is 2.28. The fraction of sp³-hybridized carbons (Fsp3) is 0.538. The highest BCUT2D eigenvalue weighted by Crippen LogP contribution is 2.41. The Kier molecular flexibility index (Phi) is 3.64. The van der Waals surface area contributed by atoms with E-state index in [9.17, 15) is 4.39 Å². The van der Waals surface area contributed by atoms with Crippen LogP contribution >= 0.6 is 0 Å². The Labute approximate surface area is 100 Å². The van der Waals surface area contributed by atoms with Crippen molar-refractivity contribution in [1.82, 2.24) is 0 Å². The van der Waals surface area contributed by atoms with Gasteiger partial charge in [0.15, 0.2) is 0 Å². The van der Waals surface area contributed by atoms with Gasteiger partial charge in [0.2, 0.25) is 0 Å². The van der Waals surface area contributed by atoms with Crippen molar-refractivity contribution in [2.45, 2.75) is 18.3 Å². The average molecular weight is 240 g/mol. The largest absolute Gasteiger partial charge is 0.496 e. The summed E-state index contributed by atoms with van der Waals surface area (Å²) in [5, 5.41) is 8.93. The molecule has 4 heteroatoms. The molecule has 1 aromatic rings. The minimum atomic E-state index is -0.268. The topological polar surface area (TPSA) is 38.7 Å². The first-order valence-electron chi connectivity index (χ1n) is 5.74. The second kappa shape index (κ2) is 5.02. The fourth-order valence-corrected chi connectivity index (χ4v) is 2.30. The van der Waals surface area contributed by atoms with Crippen LogP contribution in [0.3, 0.4) is 0 Å². The molecule has 1 saturated heterocycles. The second-order valence-electron chi connectivity index (χ2n) is 4.44. The highest BCUT2D eigenvalue weighted by atomic mass is 19.1. The first-order chi connectivity index (χ1) is 8.22. The first-order valence-corrected chi connectivity index (χ1v) is 5.74. The Morgan fingerprint density at radius 1 is 1.47 bits per heavy atom. The number of hydrogen-bond acceptors (Lipinski definition) is 3. The van der Waals surface area contributed by atoms with Gasteiger partial charge in [0, 0.05) is 17.6 Å². The molecule has 1 N–H and O–H groups in total. The van der Waals surface area contributed by atoms with Crippen LogP contribution in [0.2, 0.25) is 0 Å². The second-order valence-corrected chi connectivity index (χ2v) is 4.44. The maximum atomic E-state index is 13.4. The van der Waals surface area contributed by atoms with E-state index in [-0.39, 0.29) is 17.8 Å². The summed E-state index contributed by atoms with van der Waals surface area (Å²) in [6.45, 7) is 1.26. The third kappa shape index (κ3) is 2.28. The normalized spacial score (nSPS) is 17.6. The Bertz CT molecular complexity index is 388. The number of methoxy groups -OCH3 is 1. The van der Waals surface area contributed by atoms with Crippen molar-refractivity contribution in [3.05, 3.63) is 29.6 Å². The molecule has 0 amide bonds. The summed E-state index contributed by atoms with van der Waals surface area (Å²) < 4.78 is 23.9. The Hall–Kier alpha value is -1.13. The van der Waals surface area contributed by atoms with Crippen LogP contribution in [-0.4, -0.2) is 32.0 Å². The summed E-state index contributed by atoms with van der Waals surface area (Å²) in [5.41, 5.74) is 0.649. The molecule has 0 bridgehead atoms. The van der Waals surface area contributed by atoms with Crippen molar-refractivity contribution >= 4 is 0 Å². The van der Waals surface area contributed by atoms with E-state index < -0.39 is 0 Å². The van der Waals surface area contributed by atoms with Crippen LogP contribution in [0.4, 0.5) is 4.39 Å². The predicted octanol–water partition coefficient (Wildman–Crippen LogP) is 1.87. The quantitative estimate of drug-likeness (QED) is 0.854. The molecule has 2 rings (SSSR count). The van der Waals surface area contributed by atoms with Gasteiger partial charge in [0.25, 0.3) is 0 Å². The van der Waals surface area contributed by atoms with Crippen molar-refractivity contribution < 1.29 is 19.0 Å². The summed E-state index contributed by atoms with van der Waals surface area (Å²) in [4.78, 5) is 0. The van der Waals surface area contributed by atoms with E-state index in [1.807, 2.05) is 0 Å². The molecule has 0 aliphatic carbocycles. The standard InChI is InChI=1S/C13H17FO3/c1-16-12-4-3-10(14)7-11(12)13(5-2-6-15)8-17-9-13/h3-4,7,15H,2,5-6,8-9H2,1H3. The van der Waals surface area contributed by atoms with Crippen molar-refractivity contribution in [3.8, 4) is 5.75 Å². The van der Waals surface area contributed by atoms with Gasteiger partial charge in [-0.05, 0) is 31.0 Å². The lowest BCUT2D eigenvalue weighted by Crippen LogP contribution is -2.47. The van der Waals surface area contributed by atoms with Gasteiger partial charge >= 0.3 is 0 Å². The molecule has 1 fully saturated rings. The molecular formula is C13H17FO3. The number of aliphatic hydroxyl groups excluding tert-OH is 1. The summed E-state index contributed by atoms with van der Waals surface area (Å²) in [6, 6.07) is 4.55. The molecular weight excluding hydrogens is 223 g/mol. The molecule has 94 valence electrons. The third-order valence-corrected chi connectivity index (χ3v) is 3.30. The minimum absolute atomic E-state index is 0.138. The molecule has 0 unspecified atom stereocenters. The molecule has 1 heterocycles. The van der Waals surface area contributed by atoms with Gasteiger partial charge in [-0.15, -0.1) is 0 Å². The van der Waals surface area contributed by atoms with Crippen molar-refractivity contribution in [2.75, 3.05) is 26.9 Å². The lowest BCUT2D eigenvalue weighted by atomic mass is 9.74. The zero-order chi connectivity index (χ0) is 12.3. The van der Waals surface area contributed by atoms with E-state index in [4.69, 9.17) is 14.6 Å². The number of ether oxygens (including phenoxy) is 2. The van der Waals surface area contributed by atoms with Gasteiger partial charge in [0.1, 0.15) is 11.6 Å². The van der Waals surface area contributed by atoms with E-state index in [1.54, 1.807) is 13.2 Å². The summed E-state index contributed by atoms with van der Waals surface area (Å²) in [5.74, 6) is 0.420. The van der Waals surface area contributed by atoms with Crippen LogP contribution < -0.4 is 4.74 Å². The van der Waals surface area contributed by atoms with E-state index in [1.165, 1.54) is 12.1 Å². The third-order valence-electron chi connectivity index (χ3n) is 3.30. The molecule has 0 spiro atoms. The van der Waals surface area contributed by atoms with Crippen LogP contribution in [0.15, 0.2) is 18.2 Å². The molecule has 17 heavy (non-hydrogen) atoms. The maximum absolute atomic E-state index is 13.4. The van der Waals surface area contributed by atoms with Gasteiger partial charge in [-0.25, -0.2) is 4.39 Å². The number of rotatable bonds is 5. The number of benzene rings is 1. The molecule has 1 aliphatic heterocycles. The molecule has 1 aliphatic rings. The van der Waals surface area contributed by atoms with Gasteiger partial charge in [-0.3, -0.25) is 0 Å². The van der Waals surface area contributed by atoms with Crippen LogP contribution in [-0.2, 0) is 10.2 Å². The summed E-state index contributed by atoms with van der Waals surface area (Å²) in [6.07, 6.45) is 1.46. The molecule has 1 aromatic carbocycles. The molecule has 0 saturated carbocycles. The number of aliphatic hydroxyl groups is 1. The van der Waals surface area contributed by atoms with Gasteiger partial charge in [-0.1, -0.05) is 0 Å². The van der Waals surface area contributed by atoms with Gasteiger partial charge in [0.05, 0.1) is 20.3 Å². The minimum Gasteiger partial charge on any atom is -0.496 e. The monoisotopic (exact) mass is 240 g/mol. The summed E-state index contributed by atoms with van der Waals surface area (Å²) >= 11 is 0. The molecule has 3 nitrogen and oxygen atoms in total. The SMILES string of the molecule is COc1ccc(F)cc1C1(CCCO)COC1. The molecule has 0 atom stereocenters. The van der Waals surface area contributed by atoms with Crippen molar-refractivity contribution in [3.63, 3.8) is 0 Å². The van der Waals surface area contributed by atoms with E-state index in [0.29, 0.717) is 25.4 Å². The van der Waals surface area contributed by atoms with Crippen LogP contribution in [0.25, 0.3) is 0 Å². The lowest BCUT2D eigenvalue weighted by Gasteiger charge is -2.42. The van der Waals surface area contributed by atoms with E-state index >= 15 is 0 Å². The molecule has 0 radical (unpaired) electrons.